The monoisotopic (exact) mass is 435 g/mol. The second kappa shape index (κ2) is 9.26. The van der Waals surface area contributed by atoms with Crippen LogP contribution in [0.25, 0.3) is 22.5 Å². The molecule has 168 valence electrons. The van der Waals surface area contributed by atoms with E-state index in [2.05, 4.69) is 26.1 Å². The van der Waals surface area contributed by atoms with Crippen LogP contribution in [0.1, 0.15) is 45.0 Å². The summed E-state index contributed by atoms with van der Waals surface area (Å²) in [5.74, 6) is 0.0250. The first-order valence-corrected chi connectivity index (χ1v) is 10.5. The fourth-order valence-corrected chi connectivity index (χ4v) is 3.38. The normalized spacial score (nSPS) is 11.2. The zero-order chi connectivity index (χ0) is 23.5. The van der Waals surface area contributed by atoms with Gasteiger partial charge in [-0.1, -0.05) is 6.07 Å². The van der Waals surface area contributed by atoms with Crippen LogP contribution < -0.4 is 10.1 Å². The van der Waals surface area contributed by atoms with Gasteiger partial charge < -0.3 is 14.8 Å². The molecule has 0 saturated heterocycles. The number of benzene rings is 2. The number of nitrogens with zero attached hydrogens (tertiary/aromatic N) is 2. The van der Waals surface area contributed by atoms with Gasteiger partial charge in [0, 0.05) is 18.1 Å². The molecule has 0 aliphatic rings. The largest absolute Gasteiger partial charge is 0.497 e. The summed E-state index contributed by atoms with van der Waals surface area (Å²) < 4.78 is 12.4. The van der Waals surface area contributed by atoms with Gasteiger partial charge in [0.15, 0.2) is 0 Å². The van der Waals surface area contributed by atoms with Crippen molar-refractivity contribution >= 4 is 17.6 Å². The van der Waals surface area contributed by atoms with Gasteiger partial charge >= 0.3 is 5.97 Å². The summed E-state index contributed by atoms with van der Waals surface area (Å²) in [6, 6.07) is 15.0. The van der Waals surface area contributed by atoms with E-state index in [0.717, 1.165) is 28.3 Å². The van der Waals surface area contributed by atoms with Crippen molar-refractivity contribution in [3.63, 3.8) is 0 Å². The number of rotatable bonds is 6. The fraction of sp³-hybridized carbons (Fsp3) is 0.320. The molecule has 0 bridgehead atoms. The summed E-state index contributed by atoms with van der Waals surface area (Å²) in [5.41, 5.74) is 3.81. The van der Waals surface area contributed by atoms with Crippen molar-refractivity contribution < 1.29 is 19.1 Å². The summed E-state index contributed by atoms with van der Waals surface area (Å²) in [6.45, 7) is 9.59. The SMILES string of the molecule is CCOC(=O)c1cc(-c2cc(-c3ccc(OC)cc3)nn2C(C)(C)C)ccc1NC(C)=O. The van der Waals surface area contributed by atoms with Crippen LogP contribution >= 0.6 is 0 Å². The molecule has 0 spiro atoms. The third-order valence-electron chi connectivity index (χ3n) is 4.85. The summed E-state index contributed by atoms with van der Waals surface area (Å²) in [4.78, 5) is 24.2. The molecule has 0 aliphatic carbocycles. The molecule has 3 rings (SSSR count). The Bertz CT molecular complexity index is 1130. The second-order valence-electron chi connectivity index (χ2n) is 8.39. The van der Waals surface area contributed by atoms with Crippen LogP contribution in [0.15, 0.2) is 48.5 Å². The average Bonchev–Trinajstić information content (AvgIpc) is 3.20. The Morgan fingerprint density at radius 3 is 2.25 bits per heavy atom. The van der Waals surface area contributed by atoms with Crippen molar-refractivity contribution in [1.82, 2.24) is 9.78 Å². The predicted octanol–water partition coefficient (Wildman–Crippen LogP) is 5.12. The van der Waals surface area contributed by atoms with Gasteiger partial charge in [-0.05, 0) is 70.2 Å². The molecule has 0 atom stereocenters. The van der Waals surface area contributed by atoms with E-state index in [9.17, 15) is 9.59 Å². The number of anilines is 1. The number of methoxy groups -OCH3 is 1. The Morgan fingerprint density at radius 2 is 1.69 bits per heavy atom. The van der Waals surface area contributed by atoms with E-state index in [1.165, 1.54) is 6.92 Å². The zero-order valence-corrected chi connectivity index (χ0v) is 19.4. The van der Waals surface area contributed by atoms with Crippen molar-refractivity contribution in [2.75, 3.05) is 19.0 Å². The van der Waals surface area contributed by atoms with Crippen molar-refractivity contribution in [2.24, 2.45) is 0 Å². The van der Waals surface area contributed by atoms with Crippen LogP contribution in [0.4, 0.5) is 5.69 Å². The molecule has 1 N–H and O–H groups in total. The highest BCUT2D eigenvalue weighted by atomic mass is 16.5. The van der Waals surface area contributed by atoms with E-state index in [0.29, 0.717) is 11.3 Å². The minimum Gasteiger partial charge on any atom is -0.497 e. The van der Waals surface area contributed by atoms with E-state index in [1.54, 1.807) is 26.2 Å². The molecular formula is C25H29N3O4. The molecule has 1 aromatic heterocycles. The van der Waals surface area contributed by atoms with Gasteiger partial charge in [-0.2, -0.15) is 5.10 Å². The number of amides is 1. The number of carbonyl (C=O) groups is 2. The van der Waals surface area contributed by atoms with E-state index >= 15 is 0 Å². The molecule has 1 amide bonds. The van der Waals surface area contributed by atoms with Crippen LogP contribution in [0.2, 0.25) is 0 Å². The first-order valence-electron chi connectivity index (χ1n) is 10.5. The highest BCUT2D eigenvalue weighted by molar-refractivity contribution is 6.01. The number of aromatic nitrogens is 2. The molecule has 1 heterocycles. The van der Waals surface area contributed by atoms with E-state index in [-0.39, 0.29) is 18.1 Å². The van der Waals surface area contributed by atoms with Gasteiger partial charge in [-0.25, -0.2) is 4.79 Å². The molecule has 2 aromatic carbocycles. The minimum absolute atomic E-state index is 0.240. The first-order chi connectivity index (χ1) is 15.1. The highest BCUT2D eigenvalue weighted by Crippen LogP contribution is 2.33. The quantitative estimate of drug-likeness (QED) is 0.544. The van der Waals surface area contributed by atoms with Crippen LogP contribution in [0.3, 0.4) is 0 Å². The first kappa shape index (κ1) is 23.1. The van der Waals surface area contributed by atoms with Gasteiger partial charge in [0.2, 0.25) is 5.91 Å². The molecule has 7 nitrogen and oxygen atoms in total. The third-order valence-corrected chi connectivity index (χ3v) is 4.85. The Labute approximate surface area is 188 Å². The molecule has 0 radical (unpaired) electrons. The van der Waals surface area contributed by atoms with Gasteiger partial charge in [-0.15, -0.1) is 0 Å². The summed E-state index contributed by atoms with van der Waals surface area (Å²) in [7, 11) is 1.63. The summed E-state index contributed by atoms with van der Waals surface area (Å²) in [6.07, 6.45) is 0. The Hall–Kier alpha value is -3.61. The van der Waals surface area contributed by atoms with Gasteiger partial charge in [-0.3, -0.25) is 9.48 Å². The van der Waals surface area contributed by atoms with Crippen molar-refractivity contribution in [3.05, 3.63) is 54.1 Å². The second-order valence-corrected chi connectivity index (χ2v) is 8.39. The lowest BCUT2D eigenvalue weighted by atomic mass is 10.0. The number of nitrogens with one attached hydrogen (secondary N) is 1. The molecule has 0 aliphatic heterocycles. The molecule has 0 saturated carbocycles. The lowest BCUT2D eigenvalue weighted by molar-refractivity contribution is -0.114. The Kier molecular flexibility index (Phi) is 6.67. The number of esters is 1. The number of hydrogen-bond acceptors (Lipinski definition) is 5. The zero-order valence-electron chi connectivity index (χ0n) is 19.4. The van der Waals surface area contributed by atoms with Crippen molar-refractivity contribution in [2.45, 2.75) is 40.2 Å². The average molecular weight is 436 g/mol. The Morgan fingerprint density at radius 1 is 1.03 bits per heavy atom. The standard InChI is InChI=1S/C25H29N3O4/c1-7-32-24(30)20-14-18(10-13-21(20)26-16(2)29)23-15-22(27-28(23)25(3,4)5)17-8-11-19(31-6)12-9-17/h8-15H,7H2,1-6H3,(H,26,29). The number of ether oxygens (including phenoxy) is 2. The molecule has 32 heavy (non-hydrogen) atoms. The van der Waals surface area contributed by atoms with Crippen LogP contribution in [0, 0.1) is 0 Å². The van der Waals surface area contributed by atoms with E-state index in [1.807, 2.05) is 41.1 Å². The molecule has 0 fully saturated rings. The molecule has 3 aromatic rings. The lowest BCUT2D eigenvalue weighted by Crippen LogP contribution is -2.24. The fourth-order valence-electron chi connectivity index (χ4n) is 3.38. The number of carbonyl (C=O) groups excluding carboxylic acids is 2. The smallest absolute Gasteiger partial charge is 0.340 e. The topological polar surface area (TPSA) is 82.4 Å². The summed E-state index contributed by atoms with van der Waals surface area (Å²) >= 11 is 0. The van der Waals surface area contributed by atoms with E-state index in [4.69, 9.17) is 14.6 Å². The Balaban J connectivity index is 2.14. The van der Waals surface area contributed by atoms with Crippen LogP contribution in [-0.2, 0) is 15.1 Å². The lowest BCUT2D eigenvalue weighted by Gasteiger charge is -2.23. The third kappa shape index (κ3) is 4.99. The van der Waals surface area contributed by atoms with Gasteiger partial charge in [0.25, 0.3) is 0 Å². The van der Waals surface area contributed by atoms with Gasteiger partial charge in [0.1, 0.15) is 5.75 Å². The van der Waals surface area contributed by atoms with Crippen LogP contribution in [0.5, 0.6) is 5.75 Å². The molecule has 0 unspecified atom stereocenters. The maximum Gasteiger partial charge on any atom is 0.340 e. The molecule has 7 heteroatoms. The maximum atomic E-state index is 12.6. The highest BCUT2D eigenvalue weighted by Gasteiger charge is 2.23. The number of hydrogen-bond donors (Lipinski definition) is 1. The maximum absolute atomic E-state index is 12.6. The van der Waals surface area contributed by atoms with Gasteiger partial charge in [0.05, 0.1) is 41.9 Å². The predicted molar refractivity (Wildman–Crippen MR) is 125 cm³/mol. The van der Waals surface area contributed by atoms with Crippen molar-refractivity contribution in [3.8, 4) is 28.3 Å². The molecular weight excluding hydrogens is 406 g/mol. The minimum atomic E-state index is -0.490. The van der Waals surface area contributed by atoms with Crippen LogP contribution in [-0.4, -0.2) is 35.4 Å². The van der Waals surface area contributed by atoms with E-state index < -0.39 is 5.97 Å². The summed E-state index contributed by atoms with van der Waals surface area (Å²) in [5, 5.41) is 7.56. The van der Waals surface area contributed by atoms with Crippen molar-refractivity contribution in [1.29, 1.82) is 0 Å².